The van der Waals surface area contributed by atoms with Gasteiger partial charge in [-0.05, 0) is 37.5 Å². The first-order valence-electron chi connectivity index (χ1n) is 11.0. The van der Waals surface area contributed by atoms with Crippen molar-refractivity contribution in [2.24, 2.45) is 0 Å². The van der Waals surface area contributed by atoms with Crippen molar-refractivity contribution in [3.63, 3.8) is 0 Å². The zero-order valence-corrected chi connectivity index (χ0v) is 19.1. The van der Waals surface area contributed by atoms with E-state index in [1.54, 1.807) is 39.9 Å². The topological polar surface area (TPSA) is 116 Å². The Balaban J connectivity index is 1.60. The number of amides is 2. The zero-order valence-electron chi connectivity index (χ0n) is 19.1. The van der Waals surface area contributed by atoms with Gasteiger partial charge < -0.3 is 24.3 Å². The number of hydrogen-bond acceptors (Lipinski definition) is 6. The van der Waals surface area contributed by atoms with Crippen LogP contribution >= 0.6 is 0 Å². The number of benzene rings is 2. The number of methoxy groups -OCH3 is 2. The number of non-ortho nitro benzene ring substituents is 1. The maximum Gasteiger partial charge on any atom is 0.270 e. The number of likely N-dealkylation sites (tertiary alicyclic amines) is 1. The number of carbonyl (C=O) groups excluding carboxylic acids is 2. The molecule has 10 nitrogen and oxygen atoms in total. The van der Waals surface area contributed by atoms with Gasteiger partial charge in [-0.1, -0.05) is 0 Å². The molecule has 3 aromatic rings. The first kappa shape index (κ1) is 23.1. The summed E-state index contributed by atoms with van der Waals surface area (Å²) >= 11 is 0. The van der Waals surface area contributed by atoms with Crippen LogP contribution in [0.4, 0.5) is 11.4 Å². The van der Waals surface area contributed by atoms with E-state index in [0.29, 0.717) is 46.7 Å². The van der Waals surface area contributed by atoms with Crippen LogP contribution in [0.1, 0.15) is 29.6 Å². The number of fused-ring (bicyclic) bond motifs is 1. The van der Waals surface area contributed by atoms with Gasteiger partial charge in [-0.3, -0.25) is 19.7 Å². The highest BCUT2D eigenvalue weighted by Crippen LogP contribution is 2.34. The van der Waals surface area contributed by atoms with Crippen molar-refractivity contribution >= 4 is 34.1 Å². The fourth-order valence-electron chi connectivity index (χ4n) is 4.21. The van der Waals surface area contributed by atoms with Gasteiger partial charge in [-0.25, -0.2) is 0 Å². The number of carbonyl (C=O) groups is 2. The Bertz CT molecular complexity index is 1250. The summed E-state index contributed by atoms with van der Waals surface area (Å²) in [7, 11) is 2.98. The largest absolute Gasteiger partial charge is 0.493 e. The number of nitrogens with zero attached hydrogens (tertiary/aromatic N) is 3. The lowest BCUT2D eigenvalue weighted by Gasteiger charge is -2.28. The van der Waals surface area contributed by atoms with Crippen molar-refractivity contribution in [1.82, 2.24) is 9.47 Å². The van der Waals surface area contributed by atoms with Crippen LogP contribution in [0.2, 0.25) is 0 Å². The molecule has 2 aromatic carbocycles. The lowest BCUT2D eigenvalue weighted by atomic mass is 10.1. The Labute approximate surface area is 196 Å². The van der Waals surface area contributed by atoms with Gasteiger partial charge in [0.15, 0.2) is 11.5 Å². The number of anilines is 1. The van der Waals surface area contributed by atoms with E-state index in [-0.39, 0.29) is 24.0 Å². The number of piperidine rings is 1. The van der Waals surface area contributed by atoms with Crippen LogP contribution in [0.15, 0.2) is 42.6 Å². The van der Waals surface area contributed by atoms with Crippen LogP contribution in [0.25, 0.3) is 10.9 Å². The Morgan fingerprint density at radius 2 is 1.74 bits per heavy atom. The molecule has 0 spiro atoms. The quantitative estimate of drug-likeness (QED) is 0.418. The molecule has 0 aliphatic carbocycles. The summed E-state index contributed by atoms with van der Waals surface area (Å²) in [6.07, 6.45) is 4.68. The predicted octanol–water partition coefficient (Wildman–Crippen LogP) is 3.83. The molecule has 1 saturated heterocycles. The number of nitro groups is 1. The average molecular weight is 466 g/mol. The molecule has 1 aromatic heterocycles. The van der Waals surface area contributed by atoms with E-state index in [1.807, 2.05) is 0 Å². The minimum Gasteiger partial charge on any atom is -0.493 e. The molecule has 0 bridgehead atoms. The van der Waals surface area contributed by atoms with E-state index in [4.69, 9.17) is 9.47 Å². The Kier molecular flexibility index (Phi) is 6.67. The molecule has 178 valence electrons. The number of ether oxygens (including phenoxy) is 2. The molecule has 4 rings (SSSR count). The van der Waals surface area contributed by atoms with E-state index < -0.39 is 4.92 Å². The summed E-state index contributed by atoms with van der Waals surface area (Å²) in [6, 6.07) is 9.38. The smallest absolute Gasteiger partial charge is 0.270 e. The van der Waals surface area contributed by atoms with Crippen molar-refractivity contribution in [1.29, 1.82) is 0 Å². The number of rotatable bonds is 7. The first-order valence-corrected chi connectivity index (χ1v) is 11.0. The maximum atomic E-state index is 13.3. The Morgan fingerprint density at radius 1 is 1.03 bits per heavy atom. The van der Waals surface area contributed by atoms with E-state index in [2.05, 4.69) is 5.32 Å². The van der Waals surface area contributed by atoms with Gasteiger partial charge in [-0.2, -0.15) is 0 Å². The van der Waals surface area contributed by atoms with Crippen LogP contribution in [-0.4, -0.2) is 53.5 Å². The third-order valence-electron chi connectivity index (χ3n) is 5.95. The van der Waals surface area contributed by atoms with E-state index in [0.717, 1.165) is 19.3 Å². The SMILES string of the molecule is COc1cc(NC(=O)Cn2ccc3cc([N+](=O)[O-])ccc32)c(C(=O)N2CCCCC2)cc1OC. The normalized spacial score (nSPS) is 13.5. The molecule has 1 N–H and O–H groups in total. The molecule has 1 fully saturated rings. The van der Waals surface area contributed by atoms with E-state index >= 15 is 0 Å². The highest BCUT2D eigenvalue weighted by atomic mass is 16.6. The van der Waals surface area contributed by atoms with Gasteiger partial charge in [0.25, 0.3) is 11.6 Å². The van der Waals surface area contributed by atoms with Gasteiger partial charge in [0.2, 0.25) is 5.91 Å². The van der Waals surface area contributed by atoms with Crippen LogP contribution < -0.4 is 14.8 Å². The van der Waals surface area contributed by atoms with Crippen LogP contribution in [0.3, 0.4) is 0 Å². The number of nitro benzene ring substituents is 1. The van der Waals surface area contributed by atoms with Crippen LogP contribution in [-0.2, 0) is 11.3 Å². The first-order chi connectivity index (χ1) is 16.4. The molecule has 10 heteroatoms. The molecule has 2 amide bonds. The Hall–Kier alpha value is -4.08. The van der Waals surface area contributed by atoms with Crippen molar-refractivity contribution < 1.29 is 24.0 Å². The van der Waals surface area contributed by atoms with Gasteiger partial charge in [-0.15, -0.1) is 0 Å². The molecule has 2 heterocycles. The number of aromatic nitrogens is 1. The fourth-order valence-corrected chi connectivity index (χ4v) is 4.21. The molecular formula is C24H26N4O6. The summed E-state index contributed by atoms with van der Waals surface area (Å²) in [5.41, 5.74) is 1.35. The molecule has 1 aliphatic rings. The van der Waals surface area contributed by atoms with Crippen molar-refractivity contribution in [2.45, 2.75) is 25.8 Å². The van der Waals surface area contributed by atoms with Crippen molar-refractivity contribution in [3.05, 3.63) is 58.3 Å². The summed E-state index contributed by atoms with van der Waals surface area (Å²) in [4.78, 5) is 38.6. The minimum absolute atomic E-state index is 0.0131. The van der Waals surface area contributed by atoms with Crippen molar-refractivity contribution in [3.8, 4) is 11.5 Å². The maximum absolute atomic E-state index is 13.3. The molecule has 1 aliphatic heterocycles. The number of nitrogens with one attached hydrogen (secondary N) is 1. The lowest BCUT2D eigenvalue weighted by molar-refractivity contribution is -0.384. The Morgan fingerprint density at radius 3 is 2.41 bits per heavy atom. The van der Waals surface area contributed by atoms with Crippen LogP contribution in [0.5, 0.6) is 11.5 Å². The molecule has 0 unspecified atom stereocenters. The van der Waals surface area contributed by atoms with Crippen LogP contribution in [0, 0.1) is 10.1 Å². The van der Waals surface area contributed by atoms with Gasteiger partial charge in [0.05, 0.1) is 30.4 Å². The van der Waals surface area contributed by atoms with Crippen molar-refractivity contribution in [2.75, 3.05) is 32.6 Å². The van der Waals surface area contributed by atoms with Gasteiger partial charge in [0.1, 0.15) is 6.54 Å². The van der Waals surface area contributed by atoms with E-state index in [1.165, 1.54) is 26.4 Å². The molecule has 0 atom stereocenters. The highest BCUT2D eigenvalue weighted by Gasteiger charge is 2.24. The second kappa shape index (κ2) is 9.82. The standard InChI is InChI=1S/C24H26N4O6/c1-33-21-13-18(24(30)26-9-4-3-5-10-26)19(14-22(21)34-2)25-23(29)15-27-11-8-16-12-17(28(31)32)6-7-20(16)27/h6-8,11-14H,3-5,9-10,15H2,1-2H3,(H,25,29). The lowest BCUT2D eigenvalue weighted by Crippen LogP contribution is -2.36. The molecule has 34 heavy (non-hydrogen) atoms. The summed E-state index contributed by atoms with van der Waals surface area (Å²) < 4.78 is 12.4. The summed E-state index contributed by atoms with van der Waals surface area (Å²) in [5.74, 6) is 0.274. The molecule has 0 saturated carbocycles. The third-order valence-corrected chi connectivity index (χ3v) is 5.95. The molecular weight excluding hydrogens is 440 g/mol. The van der Waals surface area contributed by atoms with Gasteiger partial charge in [0, 0.05) is 48.4 Å². The van der Waals surface area contributed by atoms with E-state index in [9.17, 15) is 19.7 Å². The summed E-state index contributed by atoms with van der Waals surface area (Å²) in [5, 5.41) is 14.5. The third kappa shape index (κ3) is 4.66. The van der Waals surface area contributed by atoms with Gasteiger partial charge >= 0.3 is 0 Å². The monoisotopic (exact) mass is 466 g/mol. The highest BCUT2D eigenvalue weighted by molar-refractivity contribution is 6.04. The zero-order chi connectivity index (χ0) is 24.2. The minimum atomic E-state index is -0.457. The predicted molar refractivity (Wildman–Crippen MR) is 127 cm³/mol. The second-order valence-corrected chi connectivity index (χ2v) is 8.10. The second-order valence-electron chi connectivity index (χ2n) is 8.10. The average Bonchev–Trinajstić information content (AvgIpc) is 3.25. The molecule has 0 radical (unpaired) electrons. The fraction of sp³-hybridized carbons (Fsp3) is 0.333. The summed E-state index contributed by atoms with van der Waals surface area (Å²) in [6.45, 7) is 1.30. The number of hydrogen-bond donors (Lipinski definition) is 1.